The van der Waals surface area contributed by atoms with Crippen molar-refractivity contribution in [2.75, 3.05) is 23.5 Å². The third-order valence-corrected chi connectivity index (χ3v) is 2.72. The molecule has 7 heteroatoms. The summed E-state index contributed by atoms with van der Waals surface area (Å²) in [6.07, 6.45) is 0. The molecule has 0 unspecified atom stereocenters. The molecule has 110 valence electrons. The van der Waals surface area contributed by atoms with Crippen molar-refractivity contribution in [3.8, 4) is 5.75 Å². The van der Waals surface area contributed by atoms with Crippen LogP contribution >= 0.6 is 0 Å². The number of para-hydroxylation sites is 2. The van der Waals surface area contributed by atoms with Crippen molar-refractivity contribution in [1.29, 1.82) is 0 Å². The Labute approximate surface area is 119 Å². The average molecular weight is 293 g/mol. The number of halogens is 2. The molecule has 4 N–H and O–H groups in total. The minimum Gasteiger partial charge on any atom is -0.495 e. The maximum atomic E-state index is 13.6. The molecule has 0 aromatic heterocycles. The quantitative estimate of drug-likeness (QED) is 0.761. The van der Waals surface area contributed by atoms with Crippen molar-refractivity contribution in [2.24, 2.45) is 0 Å². The number of hydrogen-bond donors (Lipinski definition) is 3. The van der Waals surface area contributed by atoms with Gasteiger partial charge in [0.25, 0.3) is 0 Å². The summed E-state index contributed by atoms with van der Waals surface area (Å²) in [5.74, 6) is -1.89. The molecule has 0 spiro atoms. The zero-order valence-electron chi connectivity index (χ0n) is 11.1. The summed E-state index contributed by atoms with van der Waals surface area (Å²) in [5.41, 5.74) is 5.40. The highest BCUT2D eigenvalue weighted by atomic mass is 19.2. The molecular formula is C14H13F2N3O2. The second-order valence-corrected chi connectivity index (χ2v) is 4.11. The van der Waals surface area contributed by atoms with Crippen LogP contribution in [0.3, 0.4) is 0 Å². The van der Waals surface area contributed by atoms with E-state index < -0.39 is 23.4 Å². The lowest BCUT2D eigenvalue weighted by Crippen LogP contribution is -2.21. The Kier molecular flexibility index (Phi) is 4.22. The molecule has 2 aromatic carbocycles. The molecule has 0 bridgehead atoms. The predicted octanol–water partition coefficient (Wildman–Crippen LogP) is 3.20. The molecule has 0 radical (unpaired) electrons. The molecule has 0 saturated heterocycles. The summed E-state index contributed by atoms with van der Waals surface area (Å²) in [5, 5.41) is 4.64. The highest BCUT2D eigenvalue weighted by Crippen LogP contribution is 2.26. The van der Waals surface area contributed by atoms with Gasteiger partial charge in [-0.15, -0.1) is 0 Å². The summed E-state index contributed by atoms with van der Waals surface area (Å²) in [4.78, 5) is 11.8. The van der Waals surface area contributed by atoms with Gasteiger partial charge in [-0.3, -0.25) is 0 Å². The minimum atomic E-state index is -1.22. The lowest BCUT2D eigenvalue weighted by molar-refractivity contribution is 0.262. The number of hydrogen-bond acceptors (Lipinski definition) is 3. The van der Waals surface area contributed by atoms with E-state index >= 15 is 0 Å². The van der Waals surface area contributed by atoms with Crippen LogP contribution in [0, 0.1) is 11.6 Å². The van der Waals surface area contributed by atoms with Crippen LogP contribution in [0.1, 0.15) is 0 Å². The lowest BCUT2D eigenvalue weighted by atomic mass is 10.2. The van der Waals surface area contributed by atoms with E-state index in [1.54, 1.807) is 24.3 Å². The van der Waals surface area contributed by atoms with Gasteiger partial charge < -0.3 is 21.1 Å². The molecule has 0 aliphatic heterocycles. The number of benzene rings is 2. The van der Waals surface area contributed by atoms with Crippen LogP contribution < -0.4 is 21.1 Å². The monoisotopic (exact) mass is 293 g/mol. The van der Waals surface area contributed by atoms with E-state index in [0.29, 0.717) is 11.4 Å². The molecule has 0 heterocycles. The van der Waals surface area contributed by atoms with E-state index in [-0.39, 0.29) is 5.69 Å². The maximum absolute atomic E-state index is 13.6. The molecule has 0 saturated carbocycles. The summed E-state index contributed by atoms with van der Waals surface area (Å²) >= 11 is 0. The molecule has 0 aliphatic rings. The van der Waals surface area contributed by atoms with Crippen LogP contribution in [0.5, 0.6) is 5.75 Å². The molecule has 2 rings (SSSR count). The molecule has 0 atom stereocenters. The number of amides is 2. The molecular weight excluding hydrogens is 280 g/mol. The maximum Gasteiger partial charge on any atom is 0.323 e. The van der Waals surface area contributed by atoms with Crippen LogP contribution in [0.25, 0.3) is 0 Å². The van der Waals surface area contributed by atoms with E-state index in [1.165, 1.54) is 7.11 Å². The van der Waals surface area contributed by atoms with E-state index in [9.17, 15) is 13.6 Å². The van der Waals surface area contributed by atoms with Crippen molar-refractivity contribution in [1.82, 2.24) is 0 Å². The van der Waals surface area contributed by atoms with Gasteiger partial charge in [0.1, 0.15) is 11.4 Å². The highest BCUT2D eigenvalue weighted by molar-refractivity contribution is 6.02. The summed E-state index contributed by atoms with van der Waals surface area (Å²) in [7, 11) is 1.45. The highest BCUT2D eigenvalue weighted by Gasteiger charge is 2.15. The topological polar surface area (TPSA) is 76.4 Å². The SMILES string of the molecule is COc1ccccc1NC(=O)Nc1c(N)ccc(F)c1F. The first-order valence-corrected chi connectivity index (χ1v) is 5.97. The van der Waals surface area contributed by atoms with Crippen LogP contribution in [0.4, 0.5) is 30.6 Å². The van der Waals surface area contributed by atoms with Crippen molar-refractivity contribution < 1.29 is 18.3 Å². The van der Waals surface area contributed by atoms with Crippen molar-refractivity contribution in [3.63, 3.8) is 0 Å². The van der Waals surface area contributed by atoms with Gasteiger partial charge in [0.2, 0.25) is 0 Å². The minimum absolute atomic E-state index is 0.0796. The van der Waals surface area contributed by atoms with E-state index in [4.69, 9.17) is 10.5 Å². The van der Waals surface area contributed by atoms with Crippen molar-refractivity contribution >= 4 is 23.1 Å². The molecule has 0 aliphatic carbocycles. The Balaban J connectivity index is 2.18. The first kappa shape index (κ1) is 14.6. The number of anilines is 3. The van der Waals surface area contributed by atoms with Crippen LogP contribution in [-0.4, -0.2) is 13.1 Å². The van der Waals surface area contributed by atoms with Crippen molar-refractivity contribution in [2.45, 2.75) is 0 Å². The van der Waals surface area contributed by atoms with E-state index in [2.05, 4.69) is 10.6 Å². The number of carbonyl (C=O) groups is 1. The van der Waals surface area contributed by atoms with Gasteiger partial charge in [0.15, 0.2) is 11.6 Å². The van der Waals surface area contributed by atoms with Crippen LogP contribution in [0.2, 0.25) is 0 Å². The van der Waals surface area contributed by atoms with Gasteiger partial charge >= 0.3 is 6.03 Å². The fourth-order valence-corrected chi connectivity index (χ4v) is 1.71. The molecule has 2 aromatic rings. The zero-order valence-corrected chi connectivity index (χ0v) is 11.1. The Morgan fingerprint density at radius 1 is 1.14 bits per heavy atom. The Bertz CT molecular complexity index is 677. The standard InChI is InChI=1S/C14H13F2N3O2/c1-21-11-5-3-2-4-10(11)18-14(20)19-13-9(17)7-6-8(15)12(13)16/h2-7H,17H2,1H3,(H2,18,19,20). The van der Waals surface area contributed by atoms with E-state index in [0.717, 1.165) is 12.1 Å². The number of nitrogens with one attached hydrogen (secondary N) is 2. The molecule has 0 fully saturated rings. The fourth-order valence-electron chi connectivity index (χ4n) is 1.71. The fraction of sp³-hybridized carbons (Fsp3) is 0.0714. The molecule has 5 nitrogen and oxygen atoms in total. The summed E-state index contributed by atoms with van der Waals surface area (Å²) in [6.45, 7) is 0. The summed E-state index contributed by atoms with van der Waals surface area (Å²) < 4.78 is 31.8. The molecule has 21 heavy (non-hydrogen) atoms. The Morgan fingerprint density at radius 2 is 1.86 bits per heavy atom. The van der Waals surface area contributed by atoms with Gasteiger partial charge in [-0.1, -0.05) is 12.1 Å². The number of rotatable bonds is 3. The normalized spacial score (nSPS) is 10.0. The number of carbonyl (C=O) groups excluding carboxylic acids is 1. The van der Waals surface area contributed by atoms with Gasteiger partial charge in [0.05, 0.1) is 18.5 Å². The zero-order chi connectivity index (χ0) is 15.4. The van der Waals surface area contributed by atoms with Gasteiger partial charge in [-0.05, 0) is 24.3 Å². The van der Waals surface area contributed by atoms with Crippen molar-refractivity contribution in [3.05, 3.63) is 48.0 Å². The van der Waals surface area contributed by atoms with Gasteiger partial charge in [-0.2, -0.15) is 0 Å². The van der Waals surface area contributed by atoms with Gasteiger partial charge in [0, 0.05) is 0 Å². The van der Waals surface area contributed by atoms with Crippen LogP contribution in [0.15, 0.2) is 36.4 Å². The molecule has 2 amide bonds. The van der Waals surface area contributed by atoms with E-state index in [1.807, 2.05) is 0 Å². The second kappa shape index (κ2) is 6.08. The largest absolute Gasteiger partial charge is 0.495 e. The number of nitrogen functional groups attached to an aromatic ring is 1. The first-order chi connectivity index (χ1) is 10.0. The average Bonchev–Trinajstić information content (AvgIpc) is 2.48. The Hall–Kier alpha value is -2.83. The lowest BCUT2D eigenvalue weighted by Gasteiger charge is -2.12. The third kappa shape index (κ3) is 3.19. The summed E-state index contributed by atoms with van der Waals surface area (Å²) in [6, 6.07) is 7.94. The second-order valence-electron chi connectivity index (χ2n) is 4.11. The number of methoxy groups -OCH3 is 1. The number of ether oxygens (including phenoxy) is 1. The Morgan fingerprint density at radius 3 is 2.57 bits per heavy atom. The number of urea groups is 1. The van der Waals surface area contributed by atoms with Gasteiger partial charge in [-0.25, -0.2) is 13.6 Å². The smallest absolute Gasteiger partial charge is 0.323 e. The third-order valence-electron chi connectivity index (χ3n) is 2.72. The predicted molar refractivity (Wildman–Crippen MR) is 76.4 cm³/mol. The first-order valence-electron chi connectivity index (χ1n) is 5.97. The van der Waals surface area contributed by atoms with Crippen LogP contribution in [-0.2, 0) is 0 Å². The number of nitrogens with two attached hydrogens (primary N) is 1.